The van der Waals surface area contributed by atoms with Crippen LogP contribution in [0.15, 0.2) is 56.9 Å². The Morgan fingerprint density at radius 3 is 2.48 bits per heavy atom. The molecule has 1 N–H and O–H groups in total. The van der Waals surface area contributed by atoms with Gasteiger partial charge in [0.2, 0.25) is 0 Å². The number of nitrogens with one attached hydrogen (secondary N) is 1. The summed E-state index contributed by atoms with van der Waals surface area (Å²) in [6, 6.07) is 10.8. The van der Waals surface area contributed by atoms with Gasteiger partial charge in [-0.3, -0.25) is 24.1 Å². The summed E-state index contributed by atoms with van der Waals surface area (Å²) < 4.78 is 78.4. The van der Waals surface area contributed by atoms with Crippen molar-refractivity contribution < 1.29 is 35.6 Å². The Labute approximate surface area is 254 Å². The van der Waals surface area contributed by atoms with Crippen molar-refractivity contribution in [2.45, 2.75) is 95.7 Å². The first kappa shape index (κ1) is 31.7. The lowest BCUT2D eigenvalue weighted by Gasteiger charge is -2.23. The molecule has 2 heterocycles. The number of carbonyl (C=O) groups excluding carboxylic acids is 1. The number of sulfonamides is 1. The van der Waals surface area contributed by atoms with Crippen LogP contribution in [0.5, 0.6) is 0 Å². The lowest BCUT2D eigenvalue weighted by atomic mass is 9.96. The van der Waals surface area contributed by atoms with Crippen LogP contribution in [0.2, 0.25) is 0 Å². The van der Waals surface area contributed by atoms with Gasteiger partial charge >= 0.3 is 6.36 Å². The molecule has 2 aliphatic rings. The predicted molar refractivity (Wildman–Crippen MR) is 158 cm³/mol. The van der Waals surface area contributed by atoms with Gasteiger partial charge in [0.15, 0.2) is 5.82 Å². The summed E-state index contributed by atoms with van der Waals surface area (Å²) in [5, 5.41) is 3.77. The molecule has 0 radical (unpaired) electrons. The number of anilines is 1. The van der Waals surface area contributed by atoms with E-state index >= 15 is 0 Å². The molecule has 0 saturated heterocycles. The van der Waals surface area contributed by atoms with E-state index in [1.807, 2.05) is 0 Å². The number of hydrogen-bond acceptors (Lipinski definition) is 7. The fraction of sp³-hybridized carbons (Fsp3) is 0.452. The summed E-state index contributed by atoms with van der Waals surface area (Å²) in [6.45, 7) is 4.63. The van der Waals surface area contributed by atoms with Gasteiger partial charge in [-0.25, -0.2) is 8.42 Å². The minimum absolute atomic E-state index is 0.0177. The molecule has 1 saturated carbocycles. The molecule has 1 aliphatic carbocycles. The number of alkyl halides is 3. The zero-order valence-corrected chi connectivity index (χ0v) is 25.6. The lowest BCUT2D eigenvalue weighted by molar-refractivity contribution is -0.330. The molecular formula is C31H35F3N4O5S. The molecule has 1 aliphatic heterocycles. The van der Waals surface area contributed by atoms with Crippen molar-refractivity contribution in [2.24, 2.45) is 4.99 Å². The Morgan fingerprint density at radius 2 is 1.82 bits per heavy atom. The molecule has 5 rings (SSSR count). The van der Waals surface area contributed by atoms with Crippen molar-refractivity contribution in [1.29, 1.82) is 0 Å². The average molecular weight is 633 g/mol. The van der Waals surface area contributed by atoms with E-state index in [1.54, 1.807) is 36.9 Å². The number of rotatable bonds is 11. The van der Waals surface area contributed by atoms with Crippen molar-refractivity contribution in [3.63, 3.8) is 0 Å². The number of amides is 1. The molecule has 0 bridgehead atoms. The number of unbranched alkanes of at least 4 members (excludes halogenated alkanes) is 1. The maximum absolute atomic E-state index is 13.6. The monoisotopic (exact) mass is 632 g/mol. The molecule has 9 nitrogen and oxygen atoms in total. The van der Waals surface area contributed by atoms with Crippen LogP contribution in [0, 0.1) is 13.8 Å². The van der Waals surface area contributed by atoms with Gasteiger partial charge in [-0.15, -0.1) is 13.2 Å². The molecule has 0 atom stereocenters. The third-order valence-electron chi connectivity index (χ3n) is 8.24. The highest BCUT2D eigenvalue weighted by molar-refractivity contribution is 7.92. The van der Waals surface area contributed by atoms with Gasteiger partial charge < -0.3 is 4.52 Å². The Kier molecular flexibility index (Phi) is 8.90. The van der Waals surface area contributed by atoms with Gasteiger partial charge in [0.1, 0.15) is 17.1 Å². The standard InChI is InChI=1S/C31H35F3N4O5S/c1-4-5-12-27-35-30(15-8-9-16-30)29(39)38(27)18-22-13-14-24(23(17-22)19-42-31(32,33)34)25-10-6-7-11-26(25)44(40,41)37-28-20(2)21(3)43-36-28/h6-7,10-11,13-14,17H,4-5,8-9,12,15-16,18-19H2,1-3H3,(H,36,37). The molecule has 236 valence electrons. The highest BCUT2D eigenvalue weighted by atomic mass is 32.2. The number of amidine groups is 1. The molecule has 13 heteroatoms. The first-order valence-corrected chi connectivity index (χ1v) is 16.1. The second kappa shape index (κ2) is 12.4. The van der Waals surface area contributed by atoms with Crippen LogP contribution >= 0.6 is 0 Å². The van der Waals surface area contributed by atoms with Crippen LogP contribution in [0.1, 0.15) is 74.3 Å². The molecule has 1 fully saturated rings. The van der Waals surface area contributed by atoms with E-state index in [2.05, 4.69) is 21.5 Å². The lowest BCUT2D eigenvalue weighted by Crippen LogP contribution is -2.40. The number of aryl methyl sites for hydroxylation is 1. The van der Waals surface area contributed by atoms with E-state index in [1.165, 1.54) is 24.3 Å². The second-order valence-corrected chi connectivity index (χ2v) is 13.0. The zero-order chi connectivity index (χ0) is 31.7. The minimum Gasteiger partial charge on any atom is -0.359 e. The third kappa shape index (κ3) is 6.53. The number of carbonyl (C=O) groups is 1. The van der Waals surface area contributed by atoms with Gasteiger partial charge in [-0.05, 0) is 55.9 Å². The second-order valence-electron chi connectivity index (χ2n) is 11.3. The summed E-state index contributed by atoms with van der Waals surface area (Å²) in [6.07, 6.45) is 0.721. The van der Waals surface area contributed by atoms with E-state index in [9.17, 15) is 26.4 Å². The largest absolute Gasteiger partial charge is 0.522 e. The van der Waals surface area contributed by atoms with Crippen molar-refractivity contribution in [1.82, 2.24) is 10.1 Å². The van der Waals surface area contributed by atoms with E-state index < -0.39 is 28.5 Å². The smallest absolute Gasteiger partial charge is 0.359 e. The number of nitrogens with zero attached hydrogens (tertiary/aromatic N) is 3. The molecular weight excluding hydrogens is 597 g/mol. The van der Waals surface area contributed by atoms with Crippen LogP contribution in [0.4, 0.5) is 19.0 Å². The minimum atomic E-state index is -4.91. The van der Waals surface area contributed by atoms with E-state index in [0.29, 0.717) is 42.0 Å². The van der Waals surface area contributed by atoms with Crippen molar-refractivity contribution in [2.75, 3.05) is 4.72 Å². The topological polar surface area (TPSA) is 114 Å². The van der Waals surface area contributed by atoms with Crippen LogP contribution in [-0.2, 0) is 32.7 Å². The summed E-state index contributed by atoms with van der Waals surface area (Å²) in [5.74, 6) is 1.09. The molecule has 1 aromatic heterocycles. The third-order valence-corrected chi connectivity index (χ3v) is 9.64. The van der Waals surface area contributed by atoms with Crippen molar-refractivity contribution >= 4 is 27.6 Å². The Hall–Kier alpha value is -3.71. The van der Waals surface area contributed by atoms with Gasteiger partial charge in [0.05, 0.1) is 18.0 Å². The first-order valence-electron chi connectivity index (χ1n) is 14.6. The fourth-order valence-corrected chi connectivity index (χ4v) is 7.07. The Balaban J connectivity index is 1.51. The highest BCUT2D eigenvalue weighted by Crippen LogP contribution is 2.40. The molecule has 2 aromatic carbocycles. The summed E-state index contributed by atoms with van der Waals surface area (Å²) in [7, 11) is -4.23. The zero-order valence-electron chi connectivity index (χ0n) is 24.8. The van der Waals surface area contributed by atoms with Crippen LogP contribution in [0.3, 0.4) is 0 Å². The summed E-state index contributed by atoms with van der Waals surface area (Å²) in [4.78, 5) is 20.0. The highest BCUT2D eigenvalue weighted by Gasteiger charge is 2.49. The number of ether oxygens (including phenoxy) is 1. The molecule has 1 spiro atoms. The Morgan fingerprint density at radius 1 is 1.09 bits per heavy atom. The number of aliphatic imine (C=N–C) groups is 1. The number of hydrogen-bond donors (Lipinski definition) is 1. The van der Waals surface area contributed by atoms with Gasteiger partial charge in [0, 0.05) is 17.5 Å². The molecule has 44 heavy (non-hydrogen) atoms. The van der Waals surface area contributed by atoms with Crippen LogP contribution < -0.4 is 4.72 Å². The maximum atomic E-state index is 13.6. The SMILES string of the molecule is CCCCC1=NC2(CCCC2)C(=O)N1Cc1ccc(-c2ccccc2S(=O)(=O)Nc2noc(C)c2C)c(COC(F)(F)F)c1. The van der Waals surface area contributed by atoms with E-state index in [4.69, 9.17) is 9.52 Å². The van der Waals surface area contributed by atoms with Crippen molar-refractivity contribution in [3.8, 4) is 11.1 Å². The molecule has 0 unspecified atom stereocenters. The number of aromatic nitrogens is 1. The summed E-state index contributed by atoms with van der Waals surface area (Å²) >= 11 is 0. The van der Waals surface area contributed by atoms with Crippen LogP contribution in [0.25, 0.3) is 11.1 Å². The van der Waals surface area contributed by atoms with Gasteiger partial charge in [0.25, 0.3) is 15.9 Å². The fourth-order valence-electron chi connectivity index (χ4n) is 5.79. The van der Waals surface area contributed by atoms with Gasteiger partial charge in [-0.1, -0.05) is 67.7 Å². The maximum Gasteiger partial charge on any atom is 0.522 e. The average Bonchev–Trinajstić information content (AvgIpc) is 3.66. The quantitative estimate of drug-likeness (QED) is 0.243. The number of halogens is 3. The predicted octanol–water partition coefficient (Wildman–Crippen LogP) is 7.04. The van der Waals surface area contributed by atoms with Crippen molar-refractivity contribution in [3.05, 3.63) is 64.9 Å². The molecule has 3 aromatic rings. The summed E-state index contributed by atoms with van der Waals surface area (Å²) in [5.41, 5.74) is 0.878. The van der Waals surface area contributed by atoms with E-state index in [-0.39, 0.29) is 39.9 Å². The van der Waals surface area contributed by atoms with Crippen LogP contribution in [-0.4, -0.2) is 42.1 Å². The normalized spacial score (nSPS) is 16.6. The van der Waals surface area contributed by atoms with Gasteiger partial charge in [-0.2, -0.15) is 0 Å². The number of benzene rings is 2. The van der Waals surface area contributed by atoms with E-state index in [0.717, 1.165) is 25.7 Å². The molecule has 1 amide bonds. The first-order chi connectivity index (χ1) is 20.8. The Bertz CT molecular complexity index is 1680.